The van der Waals surface area contributed by atoms with Gasteiger partial charge in [0, 0.05) is 56.4 Å². The van der Waals surface area contributed by atoms with Crippen molar-refractivity contribution in [3.63, 3.8) is 0 Å². The van der Waals surface area contributed by atoms with Crippen molar-refractivity contribution in [2.45, 2.75) is 31.8 Å². The van der Waals surface area contributed by atoms with Crippen molar-refractivity contribution in [3.8, 4) is 5.82 Å². The fourth-order valence-corrected chi connectivity index (χ4v) is 3.58. The third kappa shape index (κ3) is 3.45. The summed E-state index contributed by atoms with van der Waals surface area (Å²) in [6.07, 6.45) is 12.2. The van der Waals surface area contributed by atoms with E-state index in [4.69, 9.17) is 0 Å². The molecule has 1 aliphatic heterocycles. The number of hydrogen-bond donors (Lipinski definition) is 0. The van der Waals surface area contributed by atoms with E-state index in [1.807, 2.05) is 30.3 Å². The lowest BCUT2D eigenvalue weighted by Gasteiger charge is -2.24. The summed E-state index contributed by atoms with van der Waals surface area (Å²) in [7, 11) is 2.02. The molecule has 26 heavy (non-hydrogen) atoms. The first-order valence-electron chi connectivity index (χ1n) is 8.96. The molecule has 0 spiro atoms. The van der Waals surface area contributed by atoms with E-state index in [-0.39, 0.29) is 5.56 Å². The van der Waals surface area contributed by atoms with Gasteiger partial charge in [-0.3, -0.25) is 14.3 Å². The van der Waals surface area contributed by atoms with Gasteiger partial charge in [0.25, 0.3) is 5.56 Å². The average molecular weight is 353 g/mol. The maximum absolute atomic E-state index is 12.3. The normalized spacial score (nSPS) is 17.8. The summed E-state index contributed by atoms with van der Waals surface area (Å²) >= 11 is 0. The van der Waals surface area contributed by atoms with E-state index >= 15 is 0 Å². The number of imidazole rings is 2. The molecular weight excluding hydrogens is 330 g/mol. The standard InChI is InChI=1S/C18H23N7O/c1-22-13-20-11-15(22)6-9-23-8-2-3-16(23)12-25-18(26)5-4-17(21-25)24-10-7-19-14-24/h4-5,7,10-11,13-14,16H,2-3,6,8-9,12H2,1H3. The van der Waals surface area contributed by atoms with Crippen LogP contribution in [0.25, 0.3) is 5.82 Å². The molecule has 0 N–H and O–H groups in total. The molecule has 8 heteroatoms. The first-order chi connectivity index (χ1) is 12.7. The molecule has 0 aromatic carbocycles. The van der Waals surface area contributed by atoms with Crippen molar-refractivity contribution in [3.05, 3.63) is 59.4 Å². The molecule has 0 bridgehead atoms. The second kappa shape index (κ2) is 7.25. The number of likely N-dealkylation sites (tertiary alicyclic amines) is 1. The Morgan fingerprint density at radius 3 is 2.92 bits per heavy atom. The molecule has 1 aliphatic rings. The highest BCUT2D eigenvalue weighted by atomic mass is 16.1. The second-order valence-electron chi connectivity index (χ2n) is 6.76. The second-order valence-corrected chi connectivity index (χ2v) is 6.76. The lowest BCUT2D eigenvalue weighted by molar-refractivity contribution is 0.226. The van der Waals surface area contributed by atoms with Crippen LogP contribution in [-0.2, 0) is 20.0 Å². The van der Waals surface area contributed by atoms with Crippen molar-refractivity contribution < 1.29 is 0 Å². The number of aryl methyl sites for hydroxylation is 1. The zero-order valence-electron chi connectivity index (χ0n) is 14.9. The Balaban J connectivity index is 1.46. The van der Waals surface area contributed by atoms with Crippen LogP contribution in [0.3, 0.4) is 0 Å². The monoisotopic (exact) mass is 353 g/mol. The van der Waals surface area contributed by atoms with Gasteiger partial charge >= 0.3 is 0 Å². The van der Waals surface area contributed by atoms with Crippen LogP contribution in [0, 0.1) is 0 Å². The molecule has 0 aliphatic carbocycles. The van der Waals surface area contributed by atoms with Crippen molar-refractivity contribution >= 4 is 0 Å². The predicted molar refractivity (Wildman–Crippen MR) is 97.1 cm³/mol. The maximum atomic E-state index is 12.3. The van der Waals surface area contributed by atoms with Gasteiger partial charge in [0.2, 0.25) is 0 Å². The summed E-state index contributed by atoms with van der Waals surface area (Å²) in [5.74, 6) is 0.710. The van der Waals surface area contributed by atoms with E-state index in [1.165, 1.54) is 5.69 Å². The van der Waals surface area contributed by atoms with Crippen LogP contribution in [0.2, 0.25) is 0 Å². The zero-order valence-corrected chi connectivity index (χ0v) is 14.9. The summed E-state index contributed by atoms with van der Waals surface area (Å²) < 4.78 is 5.46. The molecule has 0 amide bonds. The SMILES string of the molecule is Cn1cncc1CCN1CCCC1Cn1nc(-n2ccnc2)ccc1=O. The quantitative estimate of drug-likeness (QED) is 0.657. The largest absolute Gasteiger partial charge is 0.338 e. The number of aromatic nitrogens is 6. The molecule has 1 unspecified atom stereocenters. The van der Waals surface area contributed by atoms with Crippen LogP contribution < -0.4 is 5.56 Å². The minimum atomic E-state index is -0.0626. The van der Waals surface area contributed by atoms with Gasteiger partial charge in [-0.15, -0.1) is 0 Å². The van der Waals surface area contributed by atoms with Gasteiger partial charge < -0.3 is 4.57 Å². The third-order valence-electron chi connectivity index (χ3n) is 5.08. The van der Waals surface area contributed by atoms with Gasteiger partial charge in [-0.2, -0.15) is 5.10 Å². The van der Waals surface area contributed by atoms with Gasteiger partial charge in [0.05, 0.1) is 12.9 Å². The van der Waals surface area contributed by atoms with E-state index in [9.17, 15) is 4.79 Å². The Kier molecular flexibility index (Phi) is 4.66. The van der Waals surface area contributed by atoms with Gasteiger partial charge in [0.15, 0.2) is 5.82 Å². The molecule has 1 atom stereocenters. The Bertz CT molecular complexity index is 912. The molecule has 8 nitrogen and oxygen atoms in total. The van der Waals surface area contributed by atoms with Crippen molar-refractivity contribution in [2.24, 2.45) is 7.05 Å². The minimum absolute atomic E-state index is 0.0626. The highest BCUT2D eigenvalue weighted by molar-refractivity contribution is 5.19. The molecule has 1 saturated heterocycles. The van der Waals surface area contributed by atoms with Crippen LogP contribution in [0.5, 0.6) is 0 Å². The van der Waals surface area contributed by atoms with E-state index in [0.717, 1.165) is 32.4 Å². The van der Waals surface area contributed by atoms with E-state index in [0.29, 0.717) is 18.4 Å². The summed E-state index contributed by atoms with van der Waals surface area (Å²) in [5, 5.41) is 4.52. The number of hydrogen-bond acceptors (Lipinski definition) is 5. The molecule has 0 saturated carbocycles. The fourth-order valence-electron chi connectivity index (χ4n) is 3.58. The third-order valence-corrected chi connectivity index (χ3v) is 5.08. The van der Waals surface area contributed by atoms with Crippen molar-refractivity contribution in [1.29, 1.82) is 0 Å². The highest BCUT2D eigenvalue weighted by Gasteiger charge is 2.25. The molecule has 3 aromatic rings. The zero-order chi connectivity index (χ0) is 17.9. The van der Waals surface area contributed by atoms with Crippen LogP contribution in [-0.4, -0.2) is 52.9 Å². The van der Waals surface area contributed by atoms with Crippen molar-refractivity contribution in [2.75, 3.05) is 13.1 Å². The maximum Gasteiger partial charge on any atom is 0.266 e. The molecular formula is C18H23N7O. The fraction of sp³-hybridized carbons (Fsp3) is 0.444. The van der Waals surface area contributed by atoms with E-state index in [1.54, 1.807) is 29.3 Å². The summed E-state index contributed by atoms with van der Waals surface area (Å²) in [6, 6.07) is 3.65. The van der Waals surface area contributed by atoms with Gasteiger partial charge in [-0.1, -0.05) is 0 Å². The van der Waals surface area contributed by atoms with E-state index < -0.39 is 0 Å². The number of rotatable bonds is 6. The Hall–Kier alpha value is -2.74. The summed E-state index contributed by atoms with van der Waals surface area (Å²) in [6.45, 7) is 2.66. The number of nitrogens with zero attached hydrogens (tertiary/aromatic N) is 7. The van der Waals surface area contributed by atoms with Crippen LogP contribution >= 0.6 is 0 Å². The Morgan fingerprint density at radius 1 is 1.23 bits per heavy atom. The Morgan fingerprint density at radius 2 is 2.15 bits per heavy atom. The summed E-state index contributed by atoms with van der Waals surface area (Å²) in [5.41, 5.74) is 1.17. The highest BCUT2D eigenvalue weighted by Crippen LogP contribution is 2.19. The first kappa shape index (κ1) is 16.7. The van der Waals surface area contributed by atoms with Crippen LogP contribution in [0.15, 0.2) is 48.2 Å². The lowest BCUT2D eigenvalue weighted by Crippen LogP contribution is -2.38. The first-order valence-corrected chi connectivity index (χ1v) is 8.96. The average Bonchev–Trinajstić information content (AvgIpc) is 3.38. The predicted octanol–water partition coefficient (Wildman–Crippen LogP) is 0.870. The molecule has 1 fully saturated rings. The smallest absolute Gasteiger partial charge is 0.266 e. The molecule has 3 aromatic heterocycles. The van der Waals surface area contributed by atoms with Gasteiger partial charge in [0.1, 0.15) is 6.33 Å². The Labute approximate surface area is 151 Å². The molecule has 4 rings (SSSR count). The van der Waals surface area contributed by atoms with Crippen LogP contribution in [0.4, 0.5) is 0 Å². The molecule has 0 radical (unpaired) electrons. The summed E-state index contributed by atoms with van der Waals surface area (Å²) in [4.78, 5) is 23.0. The molecule has 4 heterocycles. The van der Waals surface area contributed by atoms with Gasteiger partial charge in [-0.05, 0) is 25.5 Å². The lowest BCUT2D eigenvalue weighted by atomic mass is 10.2. The van der Waals surface area contributed by atoms with Crippen molar-refractivity contribution in [1.82, 2.24) is 33.8 Å². The van der Waals surface area contributed by atoms with E-state index in [2.05, 4.69) is 24.5 Å². The molecule has 136 valence electrons. The van der Waals surface area contributed by atoms with Gasteiger partial charge in [-0.25, -0.2) is 14.6 Å². The van der Waals surface area contributed by atoms with Crippen LogP contribution in [0.1, 0.15) is 18.5 Å². The minimum Gasteiger partial charge on any atom is -0.338 e. The topological polar surface area (TPSA) is 73.8 Å².